The second-order valence-electron chi connectivity index (χ2n) is 4.50. The maximum atomic E-state index is 11.7. The molecule has 5 nitrogen and oxygen atoms in total. The zero-order chi connectivity index (χ0) is 15.0. The minimum Gasteiger partial charge on any atom is -0.478 e. The molecular weight excluding hydrogens is 258 g/mol. The number of ether oxygens (including phenoxy) is 1. The van der Waals surface area contributed by atoms with Gasteiger partial charge < -0.3 is 15.2 Å². The standard InChI is InChI=1S/C15H19NO4/c1-11(2)10-20-8-7-16-14(17)9-12-5-3-4-6-13(12)15(18)19/h3-6H,1,7-10H2,2H3,(H,16,17)(H,18,19). The van der Waals surface area contributed by atoms with E-state index in [-0.39, 0.29) is 17.9 Å². The normalized spacial score (nSPS) is 10.1. The van der Waals surface area contributed by atoms with Crippen molar-refractivity contribution in [3.63, 3.8) is 0 Å². The topological polar surface area (TPSA) is 75.6 Å². The Hall–Kier alpha value is -2.14. The van der Waals surface area contributed by atoms with Crippen LogP contribution in [0.5, 0.6) is 0 Å². The fraction of sp³-hybridized carbons (Fsp3) is 0.333. The molecule has 5 heteroatoms. The van der Waals surface area contributed by atoms with Gasteiger partial charge in [-0.2, -0.15) is 0 Å². The van der Waals surface area contributed by atoms with Gasteiger partial charge in [0.15, 0.2) is 0 Å². The molecule has 20 heavy (non-hydrogen) atoms. The summed E-state index contributed by atoms with van der Waals surface area (Å²) in [4.78, 5) is 22.7. The molecule has 1 amide bonds. The summed E-state index contributed by atoms with van der Waals surface area (Å²) in [5.74, 6) is -1.25. The molecule has 108 valence electrons. The Morgan fingerprint density at radius 3 is 2.70 bits per heavy atom. The number of nitrogens with one attached hydrogen (secondary N) is 1. The Balaban J connectivity index is 2.39. The minimum atomic E-state index is -1.03. The van der Waals surface area contributed by atoms with Crippen LogP contribution in [0.3, 0.4) is 0 Å². The van der Waals surface area contributed by atoms with Gasteiger partial charge in [0, 0.05) is 6.54 Å². The molecule has 0 aromatic heterocycles. The van der Waals surface area contributed by atoms with Crippen LogP contribution >= 0.6 is 0 Å². The van der Waals surface area contributed by atoms with Crippen molar-refractivity contribution in [1.29, 1.82) is 0 Å². The van der Waals surface area contributed by atoms with Crippen LogP contribution in [0.2, 0.25) is 0 Å². The van der Waals surface area contributed by atoms with E-state index in [1.165, 1.54) is 6.07 Å². The van der Waals surface area contributed by atoms with E-state index in [2.05, 4.69) is 11.9 Å². The molecule has 0 fully saturated rings. The van der Waals surface area contributed by atoms with E-state index in [1.807, 2.05) is 6.92 Å². The van der Waals surface area contributed by atoms with E-state index in [1.54, 1.807) is 18.2 Å². The van der Waals surface area contributed by atoms with Crippen molar-refractivity contribution in [2.24, 2.45) is 0 Å². The molecule has 0 aliphatic rings. The molecule has 0 aliphatic carbocycles. The summed E-state index contributed by atoms with van der Waals surface area (Å²) in [5, 5.41) is 11.7. The molecule has 1 aromatic carbocycles. The van der Waals surface area contributed by atoms with Gasteiger partial charge in [0.1, 0.15) is 0 Å². The third kappa shape index (κ3) is 5.67. The molecule has 0 bridgehead atoms. The van der Waals surface area contributed by atoms with E-state index < -0.39 is 5.97 Å². The van der Waals surface area contributed by atoms with Gasteiger partial charge >= 0.3 is 5.97 Å². The number of hydrogen-bond acceptors (Lipinski definition) is 3. The number of carboxylic acids is 1. The van der Waals surface area contributed by atoms with Gasteiger partial charge in [-0.25, -0.2) is 4.79 Å². The largest absolute Gasteiger partial charge is 0.478 e. The lowest BCUT2D eigenvalue weighted by atomic mass is 10.0. The van der Waals surface area contributed by atoms with Crippen LogP contribution in [0.4, 0.5) is 0 Å². The van der Waals surface area contributed by atoms with E-state index in [9.17, 15) is 9.59 Å². The van der Waals surface area contributed by atoms with Crippen LogP contribution in [-0.2, 0) is 16.0 Å². The van der Waals surface area contributed by atoms with Crippen LogP contribution in [0, 0.1) is 0 Å². The molecule has 1 aromatic rings. The van der Waals surface area contributed by atoms with Crippen molar-refractivity contribution < 1.29 is 19.4 Å². The number of amides is 1. The zero-order valence-corrected chi connectivity index (χ0v) is 11.5. The van der Waals surface area contributed by atoms with Gasteiger partial charge in [-0.3, -0.25) is 4.79 Å². The first-order valence-electron chi connectivity index (χ1n) is 6.30. The molecule has 0 unspecified atom stereocenters. The molecule has 2 N–H and O–H groups in total. The molecule has 0 aliphatic heterocycles. The number of carbonyl (C=O) groups excluding carboxylic acids is 1. The van der Waals surface area contributed by atoms with E-state index in [0.717, 1.165) is 5.57 Å². The van der Waals surface area contributed by atoms with Crippen molar-refractivity contribution in [2.75, 3.05) is 19.8 Å². The summed E-state index contributed by atoms with van der Waals surface area (Å²) in [6.07, 6.45) is 0.0446. The highest BCUT2D eigenvalue weighted by atomic mass is 16.5. The molecule has 0 spiro atoms. The van der Waals surface area contributed by atoms with Crippen molar-refractivity contribution >= 4 is 11.9 Å². The molecule has 0 saturated carbocycles. The number of aromatic carboxylic acids is 1. The lowest BCUT2D eigenvalue weighted by Crippen LogP contribution is -2.29. The average Bonchev–Trinajstić information content (AvgIpc) is 2.38. The summed E-state index contributed by atoms with van der Waals surface area (Å²) in [6, 6.07) is 6.48. The summed E-state index contributed by atoms with van der Waals surface area (Å²) in [6.45, 7) is 6.83. The van der Waals surface area contributed by atoms with Crippen molar-refractivity contribution in [3.05, 3.63) is 47.5 Å². The van der Waals surface area contributed by atoms with E-state index in [4.69, 9.17) is 9.84 Å². The SMILES string of the molecule is C=C(C)COCCNC(=O)Cc1ccccc1C(=O)O. The summed E-state index contributed by atoms with van der Waals surface area (Å²) in [5.41, 5.74) is 1.58. The Bertz CT molecular complexity index is 496. The number of benzene rings is 1. The maximum Gasteiger partial charge on any atom is 0.335 e. The van der Waals surface area contributed by atoms with Gasteiger partial charge in [0.2, 0.25) is 5.91 Å². The highest BCUT2D eigenvalue weighted by Crippen LogP contribution is 2.09. The number of carboxylic acid groups (broad SMARTS) is 1. The number of rotatable bonds is 8. The third-order valence-corrected chi connectivity index (χ3v) is 2.52. The highest BCUT2D eigenvalue weighted by molar-refractivity contribution is 5.91. The first kappa shape index (κ1) is 15.9. The summed E-state index contributed by atoms with van der Waals surface area (Å²) >= 11 is 0. The van der Waals surface area contributed by atoms with E-state index >= 15 is 0 Å². The van der Waals surface area contributed by atoms with Gasteiger partial charge in [-0.15, -0.1) is 0 Å². The Kier molecular flexibility index (Phi) is 6.46. The van der Waals surface area contributed by atoms with Gasteiger partial charge in [0.05, 0.1) is 25.2 Å². The Morgan fingerprint density at radius 1 is 1.35 bits per heavy atom. The number of carbonyl (C=O) groups is 2. The Labute approximate surface area is 118 Å². The number of hydrogen-bond donors (Lipinski definition) is 2. The predicted octanol–water partition coefficient (Wildman–Crippen LogP) is 1.64. The van der Waals surface area contributed by atoms with Crippen LogP contribution < -0.4 is 5.32 Å². The minimum absolute atomic E-state index is 0.0446. The maximum absolute atomic E-state index is 11.7. The van der Waals surface area contributed by atoms with Gasteiger partial charge in [-0.1, -0.05) is 30.4 Å². The second-order valence-corrected chi connectivity index (χ2v) is 4.50. The molecule has 0 saturated heterocycles. The first-order chi connectivity index (χ1) is 9.50. The quantitative estimate of drug-likeness (QED) is 0.559. The summed E-state index contributed by atoms with van der Waals surface area (Å²) in [7, 11) is 0. The van der Waals surface area contributed by atoms with Crippen LogP contribution in [0.25, 0.3) is 0 Å². The second kappa shape index (κ2) is 8.12. The van der Waals surface area contributed by atoms with Crippen molar-refractivity contribution in [1.82, 2.24) is 5.32 Å². The van der Waals surface area contributed by atoms with Crippen LogP contribution in [0.1, 0.15) is 22.8 Å². The molecule has 1 rings (SSSR count). The predicted molar refractivity (Wildman–Crippen MR) is 75.7 cm³/mol. The molecule has 0 atom stereocenters. The van der Waals surface area contributed by atoms with E-state index in [0.29, 0.717) is 25.3 Å². The highest BCUT2D eigenvalue weighted by Gasteiger charge is 2.11. The zero-order valence-electron chi connectivity index (χ0n) is 11.5. The fourth-order valence-electron chi connectivity index (χ4n) is 1.63. The Morgan fingerprint density at radius 2 is 2.05 bits per heavy atom. The third-order valence-electron chi connectivity index (χ3n) is 2.52. The summed E-state index contributed by atoms with van der Waals surface area (Å²) < 4.78 is 5.25. The average molecular weight is 277 g/mol. The van der Waals surface area contributed by atoms with Crippen molar-refractivity contribution in [3.8, 4) is 0 Å². The van der Waals surface area contributed by atoms with Crippen molar-refractivity contribution in [2.45, 2.75) is 13.3 Å². The van der Waals surface area contributed by atoms with Gasteiger partial charge in [-0.05, 0) is 18.6 Å². The molecule has 0 radical (unpaired) electrons. The smallest absolute Gasteiger partial charge is 0.335 e. The van der Waals surface area contributed by atoms with Crippen LogP contribution in [-0.4, -0.2) is 36.7 Å². The fourth-order valence-corrected chi connectivity index (χ4v) is 1.63. The lowest BCUT2D eigenvalue weighted by molar-refractivity contribution is -0.120. The first-order valence-corrected chi connectivity index (χ1v) is 6.30. The lowest BCUT2D eigenvalue weighted by Gasteiger charge is -2.08. The molecular formula is C15H19NO4. The monoisotopic (exact) mass is 277 g/mol. The molecule has 0 heterocycles. The van der Waals surface area contributed by atoms with Gasteiger partial charge in [0.25, 0.3) is 0 Å². The van der Waals surface area contributed by atoms with Crippen LogP contribution in [0.15, 0.2) is 36.4 Å².